The fourth-order valence-electron chi connectivity index (χ4n) is 2.46. The quantitative estimate of drug-likeness (QED) is 0.854. The second kappa shape index (κ2) is 6.72. The molecule has 2 heterocycles. The number of aromatic nitrogens is 2. The summed E-state index contributed by atoms with van der Waals surface area (Å²) in [6.07, 6.45) is 2.30. The summed E-state index contributed by atoms with van der Waals surface area (Å²) in [5.74, 6) is 1.50. The molecule has 1 saturated heterocycles. The van der Waals surface area contributed by atoms with Crippen molar-refractivity contribution in [2.75, 3.05) is 25.0 Å². The number of hydrogen-bond donors (Lipinski definition) is 0. The maximum atomic E-state index is 12.1. The van der Waals surface area contributed by atoms with Gasteiger partial charge >= 0.3 is 6.09 Å². The standard InChI is InChI=1S/C17H28N4O2/c1-12(2)7-13-8-15(19-11-18-13)21-9-14(10-21)20(6)16(22)23-17(3,4)5/h8,11-12,14H,7,9-10H2,1-6H3. The SMILES string of the molecule is CC(C)Cc1cc(N2CC(N(C)C(=O)OC(C)(C)C)C2)ncn1. The number of rotatable bonds is 4. The van der Waals surface area contributed by atoms with Gasteiger partial charge in [0.05, 0.1) is 6.04 Å². The molecule has 1 aliphatic rings. The lowest BCUT2D eigenvalue weighted by atomic mass is 10.1. The first-order chi connectivity index (χ1) is 10.7. The summed E-state index contributed by atoms with van der Waals surface area (Å²) in [6.45, 7) is 11.5. The lowest BCUT2D eigenvalue weighted by Gasteiger charge is -2.44. The summed E-state index contributed by atoms with van der Waals surface area (Å²) in [4.78, 5) is 24.6. The highest BCUT2D eigenvalue weighted by molar-refractivity contribution is 5.69. The van der Waals surface area contributed by atoms with E-state index in [9.17, 15) is 4.79 Å². The molecule has 6 heteroatoms. The lowest BCUT2D eigenvalue weighted by Crippen LogP contribution is -2.60. The number of carbonyl (C=O) groups excluding carboxylic acids is 1. The van der Waals surface area contributed by atoms with Gasteiger partial charge in [-0.1, -0.05) is 13.8 Å². The van der Waals surface area contributed by atoms with Crippen molar-refractivity contribution in [2.45, 2.75) is 52.7 Å². The van der Waals surface area contributed by atoms with E-state index in [1.165, 1.54) is 0 Å². The van der Waals surface area contributed by atoms with E-state index < -0.39 is 5.60 Å². The molecule has 0 N–H and O–H groups in total. The topological polar surface area (TPSA) is 58.6 Å². The van der Waals surface area contributed by atoms with Crippen LogP contribution in [0.15, 0.2) is 12.4 Å². The van der Waals surface area contributed by atoms with E-state index in [0.717, 1.165) is 31.0 Å². The summed E-state index contributed by atoms with van der Waals surface area (Å²) in [7, 11) is 1.79. The number of hydrogen-bond acceptors (Lipinski definition) is 5. The van der Waals surface area contributed by atoms with E-state index in [1.54, 1.807) is 18.3 Å². The minimum Gasteiger partial charge on any atom is -0.444 e. The van der Waals surface area contributed by atoms with Gasteiger partial charge in [-0.3, -0.25) is 0 Å². The van der Waals surface area contributed by atoms with Crippen LogP contribution >= 0.6 is 0 Å². The molecule has 2 rings (SSSR count). The number of anilines is 1. The number of carbonyl (C=O) groups is 1. The molecule has 0 radical (unpaired) electrons. The molecule has 23 heavy (non-hydrogen) atoms. The van der Waals surface area contributed by atoms with Gasteiger partial charge in [0, 0.05) is 31.9 Å². The minimum absolute atomic E-state index is 0.161. The maximum absolute atomic E-state index is 12.1. The highest BCUT2D eigenvalue weighted by Gasteiger charge is 2.35. The first kappa shape index (κ1) is 17.5. The summed E-state index contributed by atoms with van der Waals surface area (Å²) < 4.78 is 5.40. The van der Waals surface area contributed by atoms with E-state index in [4.69, 9.17) is 4.74 Å². The van der Waals surface area contributed by atoms with Crippen molar-refractivity contribution in [1.29, 1.82) is 0 Å². The van der Waals surface area contributed by atoms with Crippen LogP contribution < -0.4 is 4.90 Å². The summed E-state index contributed by atoms with van der Waals surface area (Å²) in [6, 6.07) is 2.21. The summed E-state index contributed by atoms with van der Waals surface area (Å²) in [5, 5.41) is 0. The molecule has 0 aromatic carbocycles. The van der Waals surface area contributed by atoms with Gasteiger partial charge in [0.15, 0.2) is 0 Å². The van der Waals surface area contributed by atoms with Crippen LogP contribution in [-0.4, -0.2) is 52.7 Å². The summed E-state index contributed by atoms with van der Waals surface area (Å²) in [5.41, 5.74) is 0.599. The highest BCUT2D eigenvalue weighted by Crippen LogP contribution is 2.23. The Labute approximate surface area is 138 Å². The third-order valence-electron chi connectivity index (χ3n) is 3.74. The molecule has 0 aliphatic carbocycles. The highest BCUT2D eigenvalue weighted by atomic mass is 16.6. The van der Waals surface area contributed by atoms with Gasteiger partial charge in [-0.2, -0.15) is 0 Å². The van der Waals surface area contributed by atoms with Crippen LogP contribution in [0.2, 0.25) is 0 Å². The molecule has 128 valence electrons. The number of amides is 1. The van der Waals surface area contributed by atoms with E-state index in [2.05, 4.69) is 28.7 Å². The number of nitrogens with zero attached hydrogens (tertiary/aromatic N) is 4. The Morgan fingerprint density at radius 3 is 2.61 bits per heavy atom. The van der Waals surface area contributed by atoms with Crippen LogP contribution in [0.4, 0.5) is 10.6 Å². The molecule has 1 fully saturated rings. The smallest absolute Gasteiger partial charge is 0.410 e. The van der Waals surface area contributed by atoms with E-state index in [0.29, 0.717) is 5.92 Å². The van der Waals surface area contributed by atoms with Crippen molar-refractivity contribution in [3.63, 3.8) is 0 Å². The van der Waals surface area contributed by atoms with Crippen LogP contribution in [0.3, 0.4) is 0 Å². The largest absolute Gasteiger partial charge is 0.444 e. The van der Waals surface area contributed by atoms with Crippen LogP contribution in [0.5, 0.6) is 0 Å². The van der Waals surface area contributed by atoms with Gasteiger partial charge in [-0.05, 0) is 33.1 Å². The van der Waals surface area contributed by atoms with Crippen molar-refractivity contribution in [3.8, 4) is 0 Å². The molecular formula is C17H28N4O2. The molecule has 0 unspecified atom stereocenters. The Balaban J connectivity index is 1.90. The Hall–Kier alpha value is -1.85. The maximum Gasteiger partial charge on any atom is 0.410 e. The van der Waals surface area contributed by atoms with Gasteiger partial charge in [-0.25, -0.2) is 14.8 Å². The predicted molar refractivity (Wildman–Crippen MR) is 90.6 cm³/mol. The normalized spacial score (nSPS) is 15.5. The molecule has 1 aliphatic heterocycles. The molecule has 0 saturated carbocycles. The molecule has 1 aromatic rings. The van der Waals surface area contributed by atoms with Crippen LogP contribution in [0.25, 0.3) is 0 Å². The van der Waals surface area contributed by atoms with Crippen molar-refractivity contribution in [1.82, 2.24) is 14.9 Å². The zero-order valence-corrected chi connectivity index (χ0v) is 15.0. The molecule has 1 amide bonds. The average Bonchev–Trinajstić information content (AvgIpc) is 2.34. The number of likely N-dealkylation sites (N-methyl/N-ethyl adjacent to an activating group) is 1. The van der Waals surface area contributed by atoms with Gasteiger partial charge in [0.1, 0.15) is 17.7 Å². The predicted octanol–water partition coefficient (Wildman–Crippen LogP) is 2.73. The van der Waals surface area contributed by atoms with Gasteiger partial charge in [0.25, 0.3) is 0 Å². The van der Waals surface area contributed by atoms with E-state index in [-0.39, 0.29) is 12.1 Å². The third-order valence-corrected chi connectivity index (χ3v) is 3.74. The van der Waals surface area contributed by atoms with Crippen molar-refractivity contribution in [3.05, 3.63) is 18.1 Å². The molecule has 0 atom stereocenters. The van der Waals surface area contributed by atoms with Crippen LogP contribution in [0, 0.1) is 5.92 Å². The third kappa shape index (κ3) is 4.81. The number of ether oxygens (including phenoxy) is 1. The van der Waals surface area contributed by atoms with Crippen molar-refractivity contribution in [2.24, 2.45) is 5.92 Å². The van der Waals surface area contributed by atoms with E-state index in [1.807, 2.05) is 26.8 Å². The Morgan fingerprint density at radius 2 is 2.04 bits per heavy atom. The van der Waals surface area contributed by atoms with Crippen LogP contribution in [-0.2, 0) is 11.2 Å². The molecule has 0 bridgehead atoms. The van der Waals surface area contributed by atoms with Crippen molar-refractivity contribution < 1.29 is 9.53 Å². The van der Waals surface area contributed by atoms with Gasteiger partial charge < -0.3 is 14.5 Å². The zero-order valence-electron chi connectivity index (χ0n) is 15.0. The lowest BCUT2D eigenvalue weighted by molar-refractivity contribution is 0.0196. The second-order valence-corrected chi connectivity index (χ2v) is 7.62. The monoisotopic (exact) mass is 320 g/mol. The van der Waals surface area contributed by atoms with Gasteiger partial charge in [-0.15, -0.1) is 0 Å². The molecule has 1 aromatic heterocycles. The Kier molecular flexibility index (Phi) is 5.12. The first-order valence-corrected chi connectivity index (χ1v) is 8.17. The zero-order chi connectivity index (χ0) is 17.2. The average molecular weight is 320 g/mol. The van der Waals surface area contributed by atoms with Gasteiger partial charge in [0.2, 0.25) is 0 Å². The minimum atomic E-state index is -0.465. The fraction of sp³-hybridized carbons (Fsp3) is 0.706. The molecule has 6 nitrogen and oxygen atoms in total. The second-order valence-electron chi connectivity index (χ2n) is 7.62. The van der Waals surface area contributed by atoms with Crippen LogP contribution in [0.1, 0.15) is 40.3 Å². The molecule has 0 spiro atoms. The molecular weight excluding hydrogens is 292 g/mol. The van der Waals surface area contributed by atoms with E-state index >= 15 is 0 Å². The summed E-state index contributed by atoms with van der Waals surface area (Å²) >= 11 is 0. The fourth-order valence-corrected chi connectivity index (χ4v) is 2.46. The van der Waals surface area contributed by atoms with Crippen molar-refractivity contribution >= 4 is 11.9 Å². The Bertz CT molecular complexity index is 548. The Morgan fingerprint density at radius 1 is 1.39 bits per heavy atom. The first-order valence-electron chi connectivity index (χ1n) is 8.17.